The van der Waals surface area contributed by atoms with Crippen molar-refractivity contribution in [2.75, 3.05) is 0 Å². The predicted molar refractivity (Wildman–Crippen MR) is 81.1 cm³/mol. The Bertz CT molecular complexity index is 473. The summed E-state index contributed by atoms with van der Waals surface area (Å²) in [6.07, 6.45) is 2.54. The van der Waals surface area contributed by atoms with Gasteiger partial charge < -0.3 is 5.11 Å². The number of hydrogen-bond donors (Lipinski definition) is 1. The molecule has 0 spiro atoms. The molecule has 0 aliphatic carbocycles. The molecule has 0 amide bonds. The fraction of sp³-hybridized carbons (Fsp3) is 0.333. The van der Waals surface area contributed by atoms with Crippen LogP contribution in [0, 0.1) is 6.92 Å². The Balaban J connectivity index is 1.83. The van der Waals surface area contributed by atoms with Crippen molar-refractivity contribution < 1.29 is 5.11 Å². The minimum absolute atomic E-state index is 0.330. The van der Waals surface area contributed by atoms with Crippen LogP contribution in [0.2, 0.25) is 0 Å². The molecule has 0 saturated heterocycles. The Hall–Kier alpha value is -0.640. The van der Waals surface area contributed by atoms with Crippen LogP contribution in [0.5, 0.6) is 0 Å². The number of aliphatic hydroxyl groups is 1. The third kappa shape index (κ3) is 3.67. The lowest BCUT2D eigenvalue weighted by molar-refractivity contribution is 0.168. The summed E-state index contributed by atoms with van der Waals surface area (Å²) in [5, 5.41) is 10.1. The van der Waals surface area contributed by atoms with Crippen LogP contribution in [-0.2, 0) is 6.42 Å². The Kier molecular flexibility index (Phi) is 4.98. The van der Waals surface area contributed by atoms with Crippen LogP contribution in [0.25, 0.3) is 0 Å². The summed E-state index contributed by atoms with van der Waals surface area (Å²) in [5.41, 5.74) is 1.34. The van der Waals surface area contributed by atoms with Gasteiger partial charge in [0.25, 0.3) is 0 Å². The van der Waals surface area contributed by atoms with Crippen LogP contribution in [0.4, 0.5) is 0 Å². The number of halogens is 1. The van der Waals surface area contributed by atoms with Gasteiger partial charge >= 0.3 is 0 Å². The third-order valence-electron chi connectivity index (χ3n) is 2.99. The van der Waals surface area contributed by atoms with Gasteiger partial charge in [-0.05, 0) is 53.7 Å². The van der Waals surface area contributed by atoms with E-state index in [1.54, 1.807) is 11.3 Å². The Morgan fingerprint density at radius 2 is 2.00 bits per heavy atom. The van der Waals surface area contributed by atoms with Gasteiger partial charge in [0.1, 0.15) is 0 Å². The topological polar surface area (TPSA) is 20.2 Å². The van der Waals surface area contributed by atoms with Crippen molar-refractivity contribution in [2.45, 2.75) is 32.3 Å². The van der Waals surface area contributed by atoms with E-state index in [2.05, 4.69) is 47.1 Å². The zero-order chi connectivity index (χ0) is 13.0. The molecule has 96 valence electrons. The lowest BCUT2D eigenvalue weighted by Crippen LogP contribution is -1.96. The first-order valence-electron chi connectivity index (χ1n) is 6.14. The maximum Gasteiger partial charge on any atom is 0.0882 e. The van der Waals surface area contributed by atoms with Crippen LogP contribution < -0.4 is 0 Å². The summed E-state index contributed by atoms with van der Waals surface area (Å²) >= 11 is 5.16. The second kappa shape index (κ2) is 6.50. The molecular formula is C15H17BrOS. The standard InChI is InChI=1S/C15H17BrOS/c1-11-13(16)10-15(18-11)14(17)9-5-8-12-6-3-2-4-7-12/h2-4,6-7,10,14,17H,5,8-9H2,1H3. The van der Waals surface area contributed by atoms with E-state index in [0.717, 1.165) is 28.6 Å². The molecule has 2 aromatic rings. The first-order valence-corrected chi connectivity index (χ1v) is 7.75. The van der Waals surface area contributed by atoms with Crippen molar-refractivity contribution in [1.29, 1.82) is 0 Å². The van der Waals surface area contributed by atoms with Crippen molar-refractivity contribution in [3.8, 4) is 0 Å². The molecule has 0 saturated carbocycles. The average molecular weight is 325 g/mol. The molecule has 0 fully saturated rings. The van der Waals surface area contributed by atoms with E-state index in [9.17, 15) is 5.11 Å². The van der Waals surface area contributed by atoms with E-state index in [0.29, 0.717) is 0 Å². The largest absolute Gasteiger partial charge is 0.388 e. The summed E-state index contributed by atoms with van der Waals surface area (Å²) in [7, 11) is 0. The van der Waals surface area contributed by atoms with Crippen LogP contribution in [0.3, 0.4) is 0 Å². The average Bonchev–Trinajstić information content (AvgIpc) is 2.71. The quantitative estimate of drug-likeness (QED) is 0.831. The van der Waals surface area contributed by atoms with Crippen LogP contribution in [0.1, 0.15) is 34.3 Å². The Labute approximate surface area is 121 Å². The Morgan fingerprint density at radius 3 is 2.61 bits per heavy atom. The second-order valence-corrected chi connectivity index (χ2v) is 6.59. The van der Waals surface area contributed by atoms with E-state index >= 15 is 0 Å². The number of thiophene rings is 1. The van der Waals surface area contributed by atoms with Crippen molar-refractivity contribution >= 4 is 27.3 Å². The van der Waals surface area contributed by atoms with Gasteiger partial charge in [-0.15, -0.1) is 11.3 Å². The number of aliphatic hydroxyl groups excluding tert-OH is 1. The van der Waals surface area contributed by atoms with Crippen LogP contribution >= 0.6 is 27.3 Å². The van der Waals surface area contributed by atoms with Gasteiger partial charge in [0.15, 0.2) is 0 Å². The van der Waals surface area contributed by atoms with Gasteiger partial charge in [0, 0.05) is 14.2 Å². The maximum atomic E-state index is 10.1. The summed E-state index contributed by atoms with van der Waals surface area (Å²) in [4.78, 5) is 2.29. The molecular weight excluding hydrogens is 308 g/mol. The fourth-order valence-corrected chi connectivity index (χ4v) is 3.51. The van der Waals surface area contributed by atoms with E-state index < -0.39 is 0 Å². The molecule has 18 heavy (non-hydrogen) atoms. The number of aryl methyl sites for hydroxylation is 2. The van der Waals surface area contributed by atoms with Gasteiger partial charge in [-0.2, -0.15) is 0 Å². The lowest BCUT2D eigenvalue weighted by Gasteiger charge is -2.08. The minimum atomic E-state index is -0.330. The molecule has 1 aromatic heterocycles. The molecule has 1 aromatic carbocycles. The first kappa shape index (κ1) is 13.8. The highest BCUT2D eigenvalue weighted by atomic mass is 79.9. The highest BCUT2D eigenvalue weighted by Crippen LogP contribution is 2.32. The number of hydrogen-bond acceptors (Lipinski definition) is 2. The van der Waals surface area contributed by atoms with Gasteiger partial charge in [-0.25, -0.2) is 0 Å². The summed E-state index contributed by atoms with van der Waals surface area (Å²) in [6, 6.07) is 12.5. The maximum absolute atomic E-state index is 10.1. The molecule has 2 rings (SSSR count). The SMILES string of the molecule is Cc1sc(C(O)CCCc2ccccc2)cc1Br. The molecule has 1 nitrogen and oxygen atoms in total. The zero-order valence-corrected chi connectivity index (χ0v) is 12.8. The fourth-order valence-electron chi connectivity index (χ4n) is 1.93. The first-order chi connectivity index (χ1) is 8.66. The van der Waals surface area contributed by atoms with E-state index in [1.165, 1.54) is 10.4 Å². The summed E-state index contributed by atoms with van der Waals surface area (Å²) in [5.74, 6) is 0. The van der Waals surface area contributed by atoms with Crippen molar-refractivity contribution in [2.24, 2.45) is 0 Å². The van der Waals surface area contributed by atoms with E-state index in [1.807, 2.05) is 12.1 Å². The highest BCUT2D eigenvalue weighted by Gasteiger charge is 2.11. The predicted octanol–water partition coefficient (Wildman–Crippen LogP) is 4.88. The van der Waals surface area contributed by atoms with Crippen molar-refractivity contribution in [3.05, 3.63) is 56.2 Å². The molecule has 0 aliphatic heterocycles. The lowest BCUT2D eigenvalue weighted by atomic mass is 10.1. The van der Waals surface area contributed by atoms with Gasteiger partial charge in [-0.1, -0.05) is 30.3 Å². The molecule has 1 unspecified atom stereocenters. The minimum Gasteiger partial charge on any atom is -0.388 e. The molecule has 1 atom stereocenters. The molecule has 1 heterocycles. The van der Waals surface area contributed by atoms with Crippen molar-refractivity contribution in [3.63, 3.8) is 0 Å². The zero-order valence-electron chi connectivity index (χ0n) is 10.4. The monoisotopic (exact) mass is 324 g/mol. The van der Waals surface area contributed by atoms with Crippen LogP contribution in [0.15, 0.2) is 40.9 Å². The normalized spacial score (nSPS) is 12.6. The van der Waals surface area contributed by atoms with E-state index in [-0.39, 0.29) is 6.10 Å². The molecule has 0 radical (unpaired) electrons. The van der Waals surface area contributed by atoms with Crippen LogP contribution in [-0.4, -0.2) is 5.11 Å². The van der Waals surface area contributed by atoms with Gasteiger partial charge in [0.2, 0.25) is 0 Å². The second-order valence-electron chi connectivity index (χ2n) is 4.45. The van der Waals surface area contributed by atoms with Gasteiger partial charge in [0.05, 0.1) is 6.10 Å². The molecule has 3 heteroatoms. The van der Waals surface area contributed by atoms with E-state index in [4.69, 9.17) is 0 Å². The van der Waals surface area contributed by atoms with Gasteiger partial charge in [-0.3, -0.25) is 0 Å². The highest BCUT2D eigenvalue weighted by molar-refractivity contribution is 9.10. The molecule has 1 N–H and O–H groups in total. The molecule has 0 bridgehead atoms. The smallest absolute Gasteiger partial charge is 0.0882 e. The third-order valence-corrected chi connectivity index (χ3v) is 5.23. The number of rotatable bonds is 5. The summed E-state index contributed by atoms with van der Waals surface area (Å²) in [6.45, 7) is 2.06. The summed E-state index contributed by atoms with van der Waals surface area (Å²) < 4.78 is 1.10. The molecule has 0 aliphatic rings. The number of benzene rings is 1. The Morgan fingerprint density at radius 1 is 1.28 bits per heavy atom. The van der Waals surface area contributed by atoms with Crippen molar-refractivity contribution in [1.82, 2.24) is 0 Å².